The van der Waals surface area contributed by atoms with Gasteiger partial charge in [0, 0.05) is 24.1 Å². The minimum atomic E-state index is -1.02. The fourth-order valence-electron chi connectivity index (χ4n) is 3.07. The molecule has 2 rings (SSSR count). The van der Waals surface area contributed by atoms with Gasteiger partial charge in [-0.05, 0) is 56.2 Å². The molecule has 0 saturated heterocycles. The number of ether oxygens (including phenoxy) is 2. The Hall–Kier alpha value is -2.54. The highest BCUT2D eigenvalue weighted by Gasteiger charge is 2.21. The van der Waals surface area contributed by atoms with Gasteiger partial charge in [0.05, 0.1) is 23.3 Å². The average molecular weight is 480 g/mol. The van der Waals surface area contributed by atoms with Crippen LogP contribution >= 0.6 is 23.2 Å². The number of aliphatic carboxylic acids is 1. The maximum absolute atomic E-state index is 12.6. The van der Waals surface area contributed by atoms with Crippen LogP contribution in [0.5, 0.6) is 5.75 Å². The molecule has 0 spiro atoms. The largest absolute Gasteiger partial charge is 0.496 e. The number of hydrogen-bond donors (Lipinski definition) is 2. The van der Waals surface area contributed by atoms with Crippen LogP contribution in [0, 0.1) is 0 Å². The minimum absolute atomic E-state index is 0.203. The van der Waals surface area contributed by atoms with Gasteiger partial charge in [-0.15, -0.1) is 0 Å². The summed E-state index contributed by atoms with van der Waals surface area (Å²) in [4.78, 5) is 24.1. The smallest absolute Gasteiger partial charge is 0.333 e. The van der Waals surface area contributed by atoms with Crippen LogP contribution in [-0.4, -0.2) is 36.3 Å². The van der Waals surface area contributed by atoms with E-state index in [2.05, 4.69) is 5.32 Å². The molecule has 0 radical (unpaired) electrons. The van der Waals surface area contributed by atoms with Gasteiger partial charge in [0.15, 0.2) is 6.10 Å². The molecule has 2 N–H and O–H groups in total. The Morgan fingerprint density at radius 2 is 1.84 bits per heavy atom. The van der Waals surface area contributed by atoms with E-state index in [4.69, 9.17) is 32.7 Å². The topological polar surface area (TPSA) is 84.9 Å². The normalized spacial score (nSPS) is 12.5. The number of carboxylic acids is 1. The molecule has 0 aliphatic carbocycles. The highest BCUT2D eigenvalue weighted by Crippen LogP contribution is 2.24. The van der Waals surface area contributed by atoms with Crippen molar-refractivity contribution in [2.45, 2.75) is 45.9 Å². The quantitative estimate of drug-likeness (QED) is 0.460. The number of benzene rings is 2. The Labute approximate surface area is 198 Å². The van der Waals surface area contributed by atoms with E-state index in [-0.39, 0.29) is 25.0 Å². The van der Waals surface area contributed by atoms with Crippen LogP contribution in [0.25, 0.3) is 6.08 Å². The highest BCUT2D eigenvalue weighted by molar-refractivity contribution is 6.42. The summed E-state index contributed by atoms with van der Waals surface area (Å²) >= 11 is 12.0. The SMILES string of the molecule is COc1ccc(CC(OC(C)C)C(=O)O)cc1CNC(=O)/C(C)=C/c1ccc(Cl)c(Cl)c1. The first kappa shape index (κ1) is 25.7. The first-order chi connectivity index (χ1) is 15.1. The second-order valence-electron chi connectivity index (χ2n) is 7.55. The fourth-order valence-corrected chi connectivity index (χ4v) is 3.37. The van der Waals surface area contributed by atoms with Crippen LogP contribution in [0.1, 0.15) is 37.5 Å². The molecule has 0 saturated carbocycles. The van der Waals surface area contributed by atoms with Gasteiger partial charge in [0.2, 0.25) is 5.91 Å². The van der Waals surface area contributed by atoms with E-state index >= 15 is 0 Å². The number of nitrogens with one attached hydrogen (secondary N) is 1. The second-order valence-corrected chi connectivity index (χ2v) is 8.36. The van der Waals surface area contributed by atoms with E-state index in [0.717, 1.165) is 16.7 Å². The van der Waals surface area contributed by atoms with Gasteiger partial charge >= 0.3 is 5.97 Å². The number of hydrogen-bond acceptors (Lipinski definition) is 4. The molecule has 2 aromatic carbocycles. The Morgan fingerprint density at radius 1 is 1.12 bits per heavy atom. The lowest BCUT2D eigenvalue weighted by Gasteiger charge is -2.18. The van der Waals surface area contributed by atoms with Crippen molar-refractivity contribution in [2.24, 2.45) is 0 Å². The minimum Gasteiger partial charge on any atom is -0.496 e. The molecule has 0 fully saturated rings. The van der Waals surface area contributed by atoms with E-state index in [0.29, 0.717) is 21.4 Å². The molecular weight excluding hydrogens is 453 g/mol. The van der Waals surface area contributed by atoms with Crippen molar-refractivity contribution in [1.82, 2.24) is 5.32 Å². The van der Waals surface area contributed by atoms with Gasteiger partial charge < -0.3 is 19.9 Å². The van der Waals surface area contributed by atoms with Gasteiger partial charge in [-0.2, -0.15) is 0 Å². The fraction of sp³-hybridized carbons (Fsp3) is 0.333. The Morgan fingerprint density at radius 3 is 2.44 bits per heavy atom. The lowest BCUT2D eigenvalue weighted by Crippen LogP contribution is -2.29. The maximum Gasteiger partial charge on any atom is 0.333 e. The van der Waals surface area contributed by atoms with Crippen LogP contribution in [0.2, 0.25) is 10.0 Å². The van der Waals surface area contributed by atoms with Crippen molar-refractivity contribution >= 4 is 41.2 Å². The number of carbonyl (C=O) groups is 2. The second kappa shape index (κ2) is 11.9. The van der Waals surface area contributed by atoms with Crippen LogP contribution in [0.15, 0.2) is 42.0 Å². The maximum atomic E-state index is 12.6. The summed E-state index contributed by atoms with van der Waals surface area (Å²) in [5.74, 6) is -0.681. The summed E-state index contributed by atoms with van der Waals surface area (Å²) in [6, 6.07) is 10.5. The molecule has 6 nitrogen and oxygen atoms in total. The molecule has 8 heteroatoms. The van der Waals surface area contributed by atoms with Crippen molar-refractivity contribution < 1.29 is 24.2 Å². The number of halogens is 2. The predicted molar refractivity (Wildman–Crippen MR) is 126 cm³/mol. The molecule has 1 unspecified atom stereocenters. The summed E-state index contributed by atoms with van der Waals surface area (Å²) in [6.45, 7) is 5.49. The average Bonchev–Trinajstić information content (AvgIpc) is 2.73. The Kier molecular flexibility index (Phi) is 9.57. The summed E-state index contributed by atoms with van der Waals surface area (Å²) < 4.78 is 10.9. The zero-order chi connectivity index (χ0) is 23.8. The first-order valence-electron chi connectivity index (χ1n) is 10.1. The number of carbonyl (C=O) groups excluding carboxylic acids is 1. The molecule has 1 atom stereocenters. The standard InChI is InChI=1S/C24H27Cl2NO5/c1-14(2)32-22(24(29)30)12-17-6-8-21(31-4)18(10-17)13-27-23(28)15(3)9-16-5-7-19(25)20(26)11-16/h5-11,14,22H,12-13H2,1-4H3,(H,27,28)(H,29,30)/b15-9+. The van der Waals surface area contributed by atoms with Gasteiger partial charge in [-0.1, -0.05) is 41.4 Å². The van der Waals surface area contributed by atoms with Gasteiger partial charge in [-0.3, -0.25) is 4.79 Å². The van der Waals surface area contributed by atoms with Crippen LogP contribution in [0.3, 0.4) is 0 Å². The van der Waals surface area contributed by atoms with Gasteiger partial charge in [-0.25, -0.2) is 4.79 Å². The molecule has 0 aliphatic heterocycles. The molecule has 0 heterocycles. The van der Waals surface area contributed by atoms with Gasteiger partial charge in [0.25, 0.3) is 0 Å². The molecule has 0 aromatic heterocycles. The van der Waals surface area contributed by atoms with Crippen molar-refractivity contribution in [3.05, 3.63) is 68.7 Å². The zero-order valence-corrected chi connectivity index (χ0v) is 20.0. The van der Waals surface area contributed by atoms with Crippen molar-refractivity contribution in [2.75, 3.05) is 7.11 Å². The van der Waals surface area contributed by atoms with E-state index < -0.39 is 12.1 Å². The van der Waals surface area contributed by atoms with Crippen molar-refractivity contribution in [3.63, 3.8) is 0 Å². The zero-order valence-electron chi connectivity index (χ0n) is 18.4. The molecule has 172 valence electrons. The lowest BCUT2D eigenvalue weighted by molar-refractivity contribution is -0.153. The molecule has 0 bridgehead atoms. The number of methoxy groups -OCH3 is 1. The Bertz CT molecular complexity index is 1000. The summed E-state index contributed by atoms with van der Waals surface area (Å²) in [7, 11) is 1.54. The number of amides is 1. The van der Waals surface area contributed by atoms with E-state index in [1.54, 1.807) is 57.2 Å². The highest BCUT2D eigenvalue weighted by atomic mass is 35.5. The van der Waals surface area contributed by atoms with Crippen LogP contribution in [-0.2, 0) is 27.3 Å². The molecule has 0 aliphatic rings. The summed E-state index contributed by atoms with van der Waals surface area (Å²) in [5.41, 5.74) is 2.76. The van der Waals surface area contributed by atoms with Gasteiger partial charge in [0.1, 0.15) is 5.75 Å². The van der Waals surface area contributed by atoms with E-state index in [1.807, 2.05) is 6.07 Å². The molecule has 1 amide bonds. The predicted octanol–water partition coefficient (Wildman–Crippen LogP) is 5.14. The van der Waals surface area contributed by atoms with E-state index in [1.165, 1.54) is 7.11 Å². The monoisotopic (exact) mass is 479 g/mol. The molecule has 2 aromatic rings. The first-order valence-corrected chi connectivity index (χ1v) is 10.8. The third-order valence-corrected chi connectivity index (χ3v) is 5.34. The van der Waals surface area contributed by atoms with Crippen molar-refractivity contribution in [1.29, 1.82) is 0 Å². The molecule has 32 heavy (non-hydrogen) atoms. The molecular formula is C24H27Cl2NO5. The number of rotatable bonds is 10. The third-order valence-electron chi connectivity index (χ3n) is 4.60. The lowest BCUT2D eigenvalue weighted by atomic mass is 10.0. The Balaban J connectivity index is 2.12. The van der Waals surface area contributed by atoms with Crippen LogP contribution < -0.4 is 10.1 Å². The summed E-state index contributed by atoms with van der Waals surface area (Å²) in [6.07, 6.45) is 0.751. The number of carboxylic acid groups (broad SMARTS) is 1. The van der Waals surface area contributed by atoms with E-state index in [9.17, 15) is 14.7 Å². The van der Waals surface area contributed by atoms with Crippen LogP contribution in [0.4, 0.5) is 0 Å². The summed E-state index contributed by atoms with van der Waals surface area (Å²) in [5, 5.41) is 13.1. The third kappa shape index (κ3) is 7.55. The van der Waals surface area contributed by atoms with Crippen molar-refractivity contribution in [3.8, 4) is 5.75 Å².